The lowest BCUT2D eigenvalue weighted by atomic mass is 10.1. The Bertz CT molecular complexity index is 770. The Morgan fingerprint density at radius 1 is 1.08 bits per heavy atom. The minimum atomic E-state index is 0.491. The molecule has 0 bridgehead atoms. The maximum absolute atomic E-state index is 4.74. The number of aromatic nitrogens is 3. The lowest BCUT2D eigenvalue weighted by Crippen LogP contribution is -2.35. The van der Waals surface area contributed by atoms with Gasteiger partial charge in [-0.05, 0) is 51.7 Å². The molecule has 0 saturated heterocycles. The predicted molar refractivity (Wildman–Crippen MR) is 108 cm³/mol. The van der Waals surface area contributed by atoms with E-state index in [-0.39, 0.29) is 0 Å². The van der Waals surface area contributed by atoms with Gasteiger partial charge in [-0.2, -0.15) is 15.0 Å². The molecule has 2 aromatic rings. The number of nitrogens with one attached hydrogen (secondary N) is 1. The lowest BCUT2D eigenvalue weighted by molar-refractivity contribution is 0.615. The Morgan fingerprint density at radius 3 is 2.35 bits per heavy atom. The van der Waals surface area contributed by atoms with Crippen LogP contribution in [0.5, 0.6) is 0 Å². The molecule has 0 radical (unpaired) electrons. The number of nitrogens with zero attached hydrogens (tertiary/aromatic N) is 4. The van der Waals surface area contributed by atoms with Crippen molar-refractivity contribution in [1.82, 2.24) is 15.0 Å². The van der Waals surface area contributed by atoms with Crippen molar-refractivity contribution in [1.29, 1.82) is 0 Å². The van der Waals surface area contributed by atoms with Gasteiger partial charge in [0, 0.05) is 18.3 Å². The highest BCUT2D eigenvalue weighted by Crippen LogP contribution is 2.28. The van der Waals surface area contributed by atoms with Crippen LogP contribution in [-0.2, 0) is 0 Å². The molecule has 1 N–H and O–H groups in total. The van der Waals surface area contributed by atoms with Crippen LogP contribution in [0.2, 0.25) is 0 Å². The SMILES string of the molecule is C=CCN(c1nc(C)nc(Nc2c(C)cc(C)cc2C)n1)C1CCCC1. The van der Waals surface area contributed by atoms with Gasteiger partial charge in [0.05, 0.1) is 0 Å². The van der Waals surface area contributed by atoms with Crippen LogP contribution in [0.1, 0.15) is 48.2 Å². The van der Waals surface area contributed by atoms with Crippen molar-refractivity contribution in [3.05, 3.63) is 47.3 Å². The molecule has 1 aliphatic carbocycles. The van der Waals surface area contributed by atoms with Crippen molar-refractivity contribution in [2.24, 2.45) is 0 Å². The molecule has 0 unspecified atom stereocenters. The van der Waals surface area contributed by atoms with E-state index in [9.17, 15) is 0 Å². The van der Waals surface area contributed by atoms with Crippen LogP contribution >= 0.6 is 0 Å². The molecule has 5 nitrogen and oxygen atoms in total. The Labute approximate surface area is 156 Å². The zero-order valence-electron chi connectivity index (χ0n) is 16.3. The van der Waals surface area contributed by atoms with E-state index in [0.717, 1.165) is 24.0 Å². The maximum atomic E-state index is 4.74. The second-order valence-corrected chi connectivity index (χ2v) is 7.28. The fraction of sp³-hybridized carbons (Fsp3) is 0.476. The molecule has 1 heterocycles. The largest absolute Gasteiger partial charge is 0.334 e. The first kappa shape index (κ1) is 18.4. The standard InChI is InChI=1S/C21H29N5/c1-6-11-26(18-9-7-8-10-18)21-23-17(5)22-20(25-21)24-19-15(3)12-14(2)13-16(19)4/h6,12-13,18H,1,7-11H2,2-5H3,(H,22,23,24,25). The molecule has 1 aromatic carbocycles. The van der Waals surface area contributed by atoms with Crippen molar-refractivity contribution in [2.45, 2.75) is 59.4 Å². The second-order valence-electron chi connectivity index (χ2n) is 7.28. The highest BCUT2D eigenvalue weighted by atomic mass is 15.3. The Kier molecular flexibility index (Phi) is 5.55. The molecule has 1 aliphatic rings. The highest BCUT2D eigenvalue weighted by Gasteiger charge is 2.24. The fourth-order valence-corrected chi connectivity index (χ4v) is 3.89. The van der Waals surface area contributed by atoms with E-state index >= 15 is 0 Å². The smallest absolute Gasteiger partial charge is 0.232 e. The molecule has 138 valence electrons. The molecule has 5 heteroatoms. The van der Waals surface area contributed by atoms with Crippen molar-refractivity contribution < 1.29 is 0 Å². The van der Waals surface area contributed by atoms with Crippen LogP contribution in [0.15, 0.2) is 24.8 Å². The Balaban J connectivity index is 1.93. The first-order valence-electron chi connectivity index (χ1n) is 9.43. The average Bonchev–Trinajstić information content (AvgIpc) is 3.09. The van der Waals surface area contributed by atoms with Gasteiger partial charge in [0.2, 0.25) is 11.9 Å². The van der Waals surface area contributed by atoms with Crippen LogP contribution in [0.4, 0.5) is 17.6 Å². The van der Waals surface area contributed by atoms with E-state index in [1.807, 2.05) is 13.0 Å². The molecule has 1 fully saturated rings. The third-order valence-electron chi connectivity index (χ3n) is 5.00. The summed E-state index contributed by atoms with van der Waals surface area (Å²) in [7, 11) is 0. The van der Waals surface area contributed by atoms with Gasteiger partial charge < -0.3 is 10.2 Å². The summed E-state index contributed by atoms with van der Waals surface area (Å²) in [4.78, 5) is 16.1. The first-order valence-corrected chi connectivity index (χ1v) is 9.43. The molecule has 0 aliphatic heterocycles. The number of hydrogen-bond acceptors (Lipinski definition) is 5. The monoisotopic (exact) mass is 351 g/mol. The molecule has 1 aromatic heterocycles. The van der Waals surface area contributed by atoms with Crippen LogP contribution in [-0.4, -0.2) is 27.5 Å². The maximum Gasteiger partial charge on any atom is 0.232 e. The number of rotatable bonds is 6. The normalized spacial score (nSPS) is 14.5. The minimum absolute atomic E-state index is 0.491. The Hall–Kier alpha value is -2.43. The minimum Gasteiger partial charge on any atom is -0.334 e. The zero-order valence-corrected chi connectivity index (χ0v) is 16.3. The van der Waals surface area contributed by atoms with Crippen LogP contribution < -0.4 is 10.2 Å². The molecule has 0 amide bonds. The summed E-state index contributed by atoms with van der Waals surface area (Å²) in [6.07, 6.45) is 6.86. The number of hydrogen-bond donors (Lipinski definition) is 1. The van der Waals surface area contributed by atoms with E-state index in [2.05, 4.69) is 59.7 Å². The topological polar surface area (TPSA) is 53.9 Å². The van der Waals surface area contributed by atoms with E-state index in [1.165, 1.54) is 42.4 Å². The molecule has 1 saturated carbocycles. The molecule has 26 heavy (non-hydrogen) atoms. The summed E-state index contributed by atoms with van der Waals surface area (Å²) < 4.78 is 0. The average molecular weight is 351 g/mol. The quantitative estimate of drug-likeness (QED) is 0.759. The van der Waals surface area contributed by atoms with Crippen molar-refractivity contribution in [3.63, 3.8) is 0 Å². The molecule has 0 atom stereocenters. The summed E-state index contributed by atoms with van der Waals surface area (Å²) in [5.74, 6) is 2.08. The third kappa shape index (κ3) is 4.03. The fourth-order valence-electron chi connectivity index (χ4n) is 3.89. The number of aryl methyl sites for hydroxylation is 4. The second kappa shape index (κ2) is 7.85. The van der Waals surface area contributed by atoms with Crippen LogP contribution in [0, 0.1) is 27.7 Å². The van der Waals surface area contributed by atoms with Crippen molar-refractivity contribution in [3.8, 4) is 0 Å². The van der Waals surface area contributed by atoms with Crippen LogP contribution in [0.3, 0.4) is 0 Å². The van der Waals surface area contributed by atoms with E-state index in [0.29, 0.717) is 12.0 Å². The van der Waals surface area contributed by atoms with Gasteiger partial charge in [-0.15, -0.1) is 6.58 Å². The third-order valence-corrected chi connectivity index (χ3v) is 5.00. The highest BCUT2D eigenvalue weighted by molar-refractivity contribution is 5.64. The number of anilines is 3. The van der Waals surface area contributed by atoms with Crippen molar-refractivity contribution >= 4 is 17.6 Å². The summed E-state index contributed by atoms with van der Waals surface area (Å²) in [5.41, 5.74) is 4.72. The van der Waals surface area contributed by atoms with Gasteiger partial charge >= 0.3 is 0 Å². The summed E-state index contributed by atoms with van der Waals surface area (Å²) >= 11 is 0. The first-order chi connectivity index (χ1) is 12.5. The predicted octanol–water partition coefficient (Wildman–Crippen LogP) is 4.78. The van der Waals surface area contributed by atoms with E-state index in [4.69, 9.17) is 4.98 Å². The van der Waals surface area contributed by atoms with Gasteiger partial charge in [-0.25, -0.2) is 0 Å². The van der Waals surface area contributed by atoms with Crippen molar-refractivity contribution in [2.75, 3.05) is 16.8 Å². The zero-order chi connectivity index (χ0) is 18.7. The van der Waals surface area contributed by atoms with E-state index in [1.54, 1.807) is 0 Å². The Morgan fingerprint density at radius 2 is 1.73 bits per heavy atom. The number of benzene rings is 1. The molecule has 0 spiro atoms. The summed E-state index contributed by atoms with van der Waals surface area (Å²) in [6.45, 7) is 12.9. The molecule has 3 rings (SSSR count). The van der Waals surface area contributed by atoms with Gasteiger partial charge in [-0.3, -0.25) is 0 Å². The van der Waals surface area contributed by atoms with Gasteiger partial charge in [0.15, 0.2) is 0 Å². The summed E-state index contributed by atoms with van der Waals surface area (Å²) in [6, 6.07) is 4.84. The van der Waals surface area contributed by atoms with Gasteiger partial charge in [0.1, 0.15) is 5.82 Å². The van der Waals surface area contributed by atoms with E-state index < -0.39 is 0 Å². The van der Waals surface area contributed by atoms with Gasteiger partial charge in [0.25, 0.3) is 0 Å². The molecular weight excluding hydrogens is 322 g/mol. The molecular formula is C21H29N5. The summed E-state index contributed by atoms with van der Waals surface area (Å²) in [5, 5.41) is 3.42. The lowest BCUT2D eigenvalue weighted by Gasteiger charge is -2.28. The van der Waals surface area contributed by atoms with Crippen LogP contribution in [0.25, 0.3) is 0 Å². The van der Waals surface area contributed by atoms with Gasteiger partial charge in [-0.1, -0.05) is 36.6 Å².